The van der Waals surface area contributed by atoms with E-state index in [-0.39, 0.29) is 24.0 Å². The summed E-state index contributed by atoms with van der Waals surface area (Å²) in [5, 5.41) is 6.49. The summed E-state index contributed by atoms with van der Waals surface area (Å²) in [5.41, 5.74) is 0. The van der Waals surface area contributed by atoms with E-state index in [0.717, 1.165) is 58.1 Å². The van der Waals surface area contributed by atoms with E-state index in [9.17, 15) is 0 Å². The van der Waals surface area contributed by atoms with E-state index >= 15 is 0 Å². The molecule has 6 nitrogen and oxygen atoms in total. The van der Waals surface area contributed by atoms with Crippen molar-refractivity contribution < 1.29 is 14.2 Å². The number of hydrogen-bond acceptors (Lipinski definition) is 4. The van der Waals surface area contributed by atoms with Crippen molar-refractivity contribution in [2.75, 3.05) is 59.8 Å². The molecule has 0 aromatic heterocycles. The number of nitrogens with one attached hydrogen (secondary N) is 2. The molecule has 0 amide bonds. The van der Waals surface area contributed by atoms with E-state index in [1.54, 1.807) is 7.05 Å². The highest BCUT2D eigenvalue weighted by Gasteiger charge is 1.97. The molecule has 0 aromatic rings. The van der Waals surface area contributed by atoms with Crippen molar-refractivity contribution >= 4 is 29.9 Å². The van der Waals surface area contributed by atoms with Crippen LogP contribution in [-0.4, -0.2) is 65.7 Å². The molecule has 0 radical (unpaired) electrons. The summed E-state index contributed by atoms with van der Waals surface area (Å²) in [6, 6.07) is 0. The minimum Gasteiger partial charge on any atom is -0.381 e. The number of rotatable bonds is 16. The molecule has 0 bridgehead atoms. The normalized spacial score (nSPS) is 11.2. The van der Waals surface area contributed by atoms with Crippen LogP contribution in [0.3, 0.4) is 0 Å². The van der Waals surface area contributed by atoms with Gasteiger partial charge in [0, 0.05) is 40.0 Å². The number of guanidine groups is 1. The number of hydrogen-bond donors (Lipinski definition) is 2. The first-order chi connectivity index (χ1) is 11.3. The molecule has 0 fully saturated rings. The van der Waals surface area contributed by atoms with Gasteiger partial charge in [-0.25, -0.2) is 0 Å². The van der Waals surface area contributed by atoms with Crippen LogP contribution >= 0.6 is 24.0 Å². The Morgan fingerprint density at radius 3 is 1.79 bits per heavy atom. The standard InChI is InChI=1S/C17H37N3O3.HI/c1-4-6-11-21-13-8-9-19-17(18-3)20-10-14-23-16-15-22-12-7-5-2;/h4-16H2,1-3H3,(H2,18,19,20);1H. The van der Waals surface area contributed by atoms with Gasteiger partial charge < -0.3 is 24.8 Å². The fourth-order valence-electron chi connectivity index (χ4n) is 1.76. The lowest BCUT2D eigenvalue weighted by molar-refractivity contribution is 0.0487. The van der Waals surface area contributed by atoms with E-state index in [1.807, 2.05) is 0 Å². The van der Waals surface area contributed by atoms with Crippen molar-refractivity contribution in [3.05, 3.63) is 0 Å². The lowest BCUT2D eigenvalue weighted by Gasteiger charge is -2.12. The molecule has 7 heteroatoms. The van der Waals surface area contributed by atoms with Crippen LogP contribution in [0.1, 0.15) is 46.0 Å². The summed E-state index contributed by atoms with van der Waals surface area (Å²) in [7, 11) is 1.77. The van der Waals surface area contributed by atoms with Crippen LogP contribution < -0.4 is 10.6 Å². The van der Waals surface area contributed by atoms with Gasteiger partial charge in [0.1, 0.15) is 0 Å². The van der Waals surface area contributed by atoms with Crippen LogP contribution in [0.2, 0.25) is 0 Å². The molecule has 146 valence electrons. The third-order valence-corrected chi connectivity index (χ3v) is 3.18. The molecule has 0 unspecified atom stereocenters. The Hall–Kier alpha value is -0.120. The predicted octanol–water partition coefficient (Wildman–Crippen LogP) is 2.81. The molecule has 2 N–H and O–H groups in total. The molecule has 0 heterocycles. The predicted molar refractivity (Wildman–Crippen MR) is 112 cm³/mol. The van der Waals surface area contributed by atoms with Gasteiger partial charge in [0.05, 0.1) is 19.8 Å². The topological polar surface area (TPSA) is 64.1 Å². The lowest BCUT2D eigenvalue weighted by Crippen LogP contribution is -2.39. The number of halogens is 1. The van der Waals surface area contributed by atoms with Crippen molar-refractivity contribution in [1.82, 2.24) is 10.6 Å². The van der Waals surface area contributed by atoms with Gasteiger partial charge >= 0.3 is 0 Å². The second-order valence-electron chi connectivity index (χ2n) is 5.32. The molecule has 0 saturated carbocycles. The maximum absolute atomic E-state index is 5.52. The molecule has 0 aromatic carbocycles. The molecule has 0 saturated heterocycles. The summed E-state index contributed by atoms with van der Waals surface area (Å²) >= 11 is 0. The van der Waals surface area contributed by atoms with Gasteiger partial charge in [-0.1, -0.05) is 26.7 Å². The monoisotopic (exact) mass is 459 g/mol. The van der Waals surface area contributed by atoms with Gasteiger partial charge in [0.15, 0.2) is 5.96 Å². The average Bonchev–Trinajstić information content (AvgIpc) is 2.57. The van der Waals surface area contributed by atoms with Crippen LogP contribution in [0.4, 0.5) is 0 Å². The summed E-state index contributed by atoms with van der Waals surface area (Å²) in [4.78, 5) is 4.18. The Balaban J connectivity index is 0. The van der Waals surface area contributed by atoms with Crippen LogP contribution in [-0.2, 0) is 14.2 Å². The Labute approximate surface area is 165 Å². The highest BCUT2D eigenvalue weighted by Crippen LogP contribution is 1.89. The minimum atomic E-state index is 0. The van der Waals surface area contributed by atoms with Crippen molar-refractivity contribution in [2.24, 2.45) is 4.99 Å². The average molecular weight is 459 g/mol. The van der Waals surface area contributed by atoms with E-state index in [0.29, 0.717) is 19.8 Å². The number of nitrogens with zero attached hydrogens (tertiary/aromatic N) is 1. The first-order valence-electron chi connectivity index (χ1n) is 9.02. The molecule has 0 aliphatic heterocycles. The van der Waals surface area contributed by atoms with Gasteiger partial charge in [-0.3, -0.25) is 4.99 Å². The summed E-state index contributed by atoms with van der Waals surface area (Å²) in [5.74, 6) is 0.807. The largest absolute Gasteiger partial charge is 0.381 e. The Morgan fingerprint density at radius 1 is 0.708 bits per heavy atom. The summed E-state index contributed by atoms with van der Waals surface area (Å²) < 4.78 is 16.4. The van der Waals surface area contributed by atoms with Crippen LogP contribution in [0.15, 0.2) is 4.99 Å². The second kappa shape index (κ2) is 22.9. The first kappa shape index (κ1) is 26.1. The van der Waals surface area contributed by atoms with E-state index in [2.05, 4.69) is 29.5 Å². The molecule has 0 rings (SSSR count). The highest BCUT2D eigenvalue weighted by atomic mass is 127. The van der Waals surface area contributed by atoms with Crippen LogP contribution in [0.25, 0.3) is 0 Å². The first-order valence-corrected chi connectivity index (χ1v) is 9.02. The maximum Gasteiger partial charge on any atom is 0.191 e. The zero-order valence-corrected chi connectivity index (χ0v) is 18.1. The van der Waals surface area contributed by atoms with Gasteiger partial charge in [0.2, 0.25) is 0 Å². The van der Waals surface area contributed by atoms with Gasteiger partial charge in [-0.2, -0.15) is 0 Å². The van der Waals surface area contributed by atoms with E-state index < -0.39 is 0 Å². The maximum atomic E-state index is 5.52. The molecular weight excluding hydrogens is 421 g/mol. The third-order valence-electron chi connectivity index (χ3n) is 3.18. The van der Waals surface area contributed by atoms with E-state index in [4.69, 9.17) is 14.2 Å². The van der Waals surface area contributed by atoms with Crippen molar-refractivity contribution in [3.8, 4) is 0 Å². The van der Waals surface area contributed by atoms with Gasteiger partial charge in [-0.15, -0.1) is 24.0 Å². The smallest absolute Gasteiger partial charge is 0.191 e. The third kappa shape index (κ3) is 19.9. The molecule has 0 aliphatic rings. The number of aliphatic imine (C=N–C) groups is 1. The van der Waals surface area contributed by atoms with Crippen LogP contribution in [0, 0.1) is 0 Å². The Morgan fingerprint density at radius 2 is 1.21 bits per heavy atom. The second-order valence-corrected chi connectivity index (χ2v) is 5.32. The summed E-state index contributed by atoms with van der Waals surface area (Å²) in [6.45, 7) is 10.4. The highest BCUT2D eigenvalue weighted by molar-refractivity contribution is 14.0. The molecule has 0 spiro atoms. The quantitative estimate of drug-likeness (QED) is 0.161. The zero-order valence-electron chi connectivity index (χ0n) is 15.8. The molecular formula is C17H38IN3O3. The number of unbranched alkanes of at least 4 members (excludes halogenated alkanes) is 2. The molecule has 24 heavy (non-hydrogen) atoms. The zero-order chi connectivity index (χ0) is 17.0. The van der Waals surface area contributed by atoms with Crippen molar-refractivity contribution in [2.45, 2.75) is 46.0 Å². The number of ether oxygens (including phenoxy) is 3. The molecule has 0 atom stereocenters. The fraction of sp³-hybridized carbons (Fsp3) is 0.941. The molecule has 0 aliphatic carbocycles. The SMILES string of the molecule is CCCCOCCCNC(=NC)NCCOCCOCCCC.I. The lowest BCUT2D eigenvalue weighted by atomic mass is 10.4. The van der Waals surface area contributed by atoms with E-state index in [1.165, 1.54) is 12.8 Å². The van der Waals surface area contributed by atoms with Gasteiger partial charge in [-0.05, 0) is 19.3 Å². The van der Waals surface area contributed by atoms with Crippen molar-refractivity contribution in [3.63, 3.8) is 0 Å². The Kier molecular flexibility index (Phi) is 24.9. The minimum absolute atomic E-state index is 0. The van der Waals surface area contributed by atoms with Gasteiger partial charge in [0.25, 0.3) is 0 Å². The Bertz CT molecular complexity index is 269. The van der Waals surface area contributed by atoms with Crippen molar-refractivity contribution in [1.29, 1.82) is 0 Å². The summed E-state index contributed by atoms with van der Waals surface area (Å²) in [6.07, 6.45) is 5.59. The van der Waals surface area contributed by atoms with Crippen LogP contribution in [0.5, 0.6) is 0 Å². The fourth-order valence-corrected chi connectivity index (χ4v) is 1.76.